The molecule has 11 heteroatoms. The van der Waals surface area contributed by atoms with E-state index in [0.29, 0.717) is 10.5 Å². The van der Waals surface area contributed by atoms with E-state index in [2.05, 4.69) is 15.3 Å². The van der Waals surface area contributed by atoms with Gasteiger partial charge in [0.15, 0.2) is 0 Å². The third kappa shape index (κ3) is 4.78. The van der Waals surface area contributed by atoms with E-state index in [0.717, 1.165) is 9.87 Å². The van der Waals surface area contributed by atoms with Crippen molar-refractivity contribution in [1.82, 2.24) is 19.6 Å². The zero-order valence-electron chi connectivity index (χ0n) is 15.9. The molecule has 0 saturated heterocycles. The quantitative estimate of drug-likeness (QED) is 0.465. The molecule has 1 amide bonds. The van der Waals surface area contributed by atoms with Gasteiger partial charge in [0.25, 0.3) is 0 Å². The monoisotopic (exact) mass is 450 g/mol. The number of fused-ring (bicyclic) bond motifs is 1. The lowest BCUT2D eigenvalue weighted by Gasteiger charge is -2.20. The largest absolute Gasteiger partial charge is 0.351 e. The Morgan fingerprint density at radius 2 is 1.67 bits per heavy atom. The van der Waals surface area contributed by atoms with Gasteiger partial charge < -0.3 is 15.3 Å². The number of nitrogens with zero attached hydrogens (tertiary/aromatic N) is 1. The van der Waals surface area contributed by atoms with Gasteiger partial charge in [-0.25, -0.2) is 8.42 Å². The predicted octanol–water partition coefficient (Wildman–Crippen LogP) is 1.20. The van der Waals surface area contributed by atoms with Gasteiger partial charge in [-0.3, -0.25) is 14.4 Å². The summed E-state index contributed by atoms with van der Waals surface area (Å²) in [4.78, 5) is 39.8. The second-order valence-electron chi connectivity index (χ2n) is 6.45. The molecule has 2 aromatic carbocycles. The molecule has 9 nitrogen and oxygen atoms in total. The normalized spacial score (nSPS) is 11.7. The zero-order valence-corrected chi connectivity index (χ0v) is 17.5. The number of aromatic amines is 2. The molecule has 1 aromatic heterocycles. The Bertz CT molecular complexity index is 1300. The van der Waals surface area contributed by atoms with Gasteiger partial charge in [-0.2, -0.15) is 4.31 Å². The molecule has 0 spiro atoms. The van der Waals surface area contributed by atoms with Crippen LogP contribution < -0.4 is 16.4 Å². The molecular formula is C19H19ClN4O5S. The number of likely N-dealkylation sites (N-methyl/N-ethyl adjacent to an activating group) is 1. The van der Waals surface area contributed by atoms with Gasteiger partial charge in [0.1, 0.15) is 0 Å². The van der Waals surface area contributed by atoms with Gasteiger partial charge in [0.05, 0.1) is 22.5 Å². The summed E-state index contributed by atoms with van der Waals surface area (Å²) < 4.78 is 27.0. The van der Waals surface area contributed by atoms with Crippen LogP contribution in [0.25, 0.3) is 11.0 Å². The van der Waals surface area contributed by atoms with Crippen molar-refractivity contribution in [1.29, 1.82) is 0 Å². The van der Waals surface area contributed by atoms with Gasteiger partial charge in [-0.15, -0.1) is 0 Å². The van der Waals surface area contributed by atoms with Crippen molar-refractivity contribution in [2.24, 2.45) is 0 Å². The third-order valence-electron chi connectivity index (χ3n) is 4.41. The van der Waals surface area contributed by atoms with Crippen molar-refractivity contribution < 1.29 is 13.2 Å². The molecule has 3 N–H and O–H groups in total. The fraction of sp³-hybridized carbons (Fsp3) is 0.211. The Kier molecular flexibility index (Phi) is 6.40. The van der Waals surface area contributed by atoms with Crippen LogP contribution in [-0.2, 0) is 21.4 Å². The van der Waals surface area contributed by atoms with E-state index in [1.54, 1.807) is 31.2 Å². The summed E-state index contributed by atoms with van der Waals surface area (Å²) in [5.41, 5.74) is -0.422. The van der Waals surface area contributed by atoms with Crippen LogP contribution >= 0.6 is 11.6 Å². The topological polar surface area (TPSA) is 132 Å². The first-order valence-electron chi connectivity index (χ1n) is 8.98. The Morgan fingerprint density at radius 1 is 1.03 bits per heavy atom. The van der Waals surface area contributed by atoms with Crippen LogP contribution in [0.5, 0.6) is 0 Å². The molecule has 0 unspecified atom stereocenters. The van der Waals surface area contributed by atoms with Crippen LogP contribution in [-0.4, -0.2) is 41.7 Å². The van der Waals surface area contributed by atoms with E-state index in [-0.39, 0.29) is 30.0 Å². The van der Waals surface area contributed by atoms with Crippen molar-refractivity contribution in [3.8, 4) is 0 Å². The lowest BCUT2D eigenvalue weighted by molar-refractivity contribution is -0.121. The molecule has 0 fully saturated rings. The molecule has 1 heterocycles. The molecule has 0 radical (unpaired) electrons. The van der Waals surface area contributed by atoms with Crippen LogP contribution in [0.2, 0.25) is 5.02 Å². The van der Waals surface area contributed by atoms with E-state index in [1.807, 2.05) is 0 Å². The number of H-pyrrole nitrogens is 2. The Balaban J connectivity index is 1.77. The molecule has 0 bridgehead atoms. The first kappa shape index (κ1) is 21.8. The van der Waals surface area contributed by atoms with Gasteiger partial charge in [-0.05, 0) is 35.9 Å². The zero-order chi connectivity index (χ0) is 21.9. The molecule has 0 saturated carbocycles. The van der Waals surface area contributed by atoms with E-state index >= 15 is 0 Å². The highest BCUT2D eigenvalue weighted by molar-refractivity contribution is 7.89. The number of aromatic nitrogens is 2. The number of nitrogens with one attached hydrogen (secondary N) is 3. The number of carbonyl (C=O) groups is 1. The minimum Gasteiger partial charge on any atom is -0.351 e. The standard InChI is InChI=1S/C19H19ClN4O5S/c1-2-24(11-17(25)21-10-12-3-5-13(20)6-4-12)30(28,29)14-7-8-15-16(9-14)23-19(27)18(26)22-15/h3-9H,2,10-11H2,1H3,(H,21,25)(H,22,26)(H,23,27). The fourth-order valence-corrected chi connectivity index (χ4v) is 4.35. The molecule has 30 heavy (non-hydrogen) atoms. The second-order valence-corrected chi connectivity index (χ2v) is 8.82. The molecule has 0 aliphatic heterocycles. The first-order valence-corrected chi connectivity index (χ1v) is 10.8. The third-order valence-corrected chi connectivity index (χ3v) is 6.58. The molecular weight excluding hydrogens is 432 g/mol. The average Bonchev–Trinajstić information content (AvgIpc) is 2.72. The highest BCUT2D eigenvalue weighted by Crippen LogP contribution is 2.19. The Labute approximate surface area is 176 Å². The SMILES string of the molecule is CCN(CC(=O)NCc1ccc(Cl)cc1)S(=O)(=O)c1ccc2[nH]c(=O)c(=O)[nH]c2c1. The van der Waals surface area contributed by atoms with Gasteiger partial charge in [0, 0.05) is 18.1 Å². The van der Waals surface area contributed by atoms with Gasteiger partial charge in [-0.1, -0.05) is 30.7 Å². The minimum atomic E-state index is -4.01. The lowest BCUT2D eigenvalue weighted by Crippen LogP contribution is -2.40. The summed E-state index contributed by atoms with van der Waals surface area (Å²) in [7, 11) is -4.01. The van der Waals surface area contributed by atoms with E-state index in [4.69, 9.17) is 11.6 Å². The average molecular weight is 451 g/mol. The first-order chi connectivity index (χ1) is 14.2. The van der Waals surface area contributed by atoms with Gasteiger partial charge >= 0.3 is 11.1 Å². The van der Waals surface area contributed by atoms with Crippen molar-refractivity contribution in [3.05, 3.63) is 73.8 Å². The van der Waals surface area contributed by atoms with Crippen LogP contribution in [0, 0.1) is 0 Å². The summed E-state index contributed by atoms with van der Waals surface area (Å²) in [6, 6.07) is 10.9. The van der Waals surface area contributed by atoms with Crippen molar-refractivity contribution in [2.45, 2.75) is 18.4 Å². The summed E-state index contributed by atoms with van der Waals surface area (Å²) in [5.74, 6) is -0.464. The van der Waals surface area contributed by atoms with Gasteiger partial charge in [0.2, 0.25) is 15.9 Å². The summed E-state index contributed by atoms with van der Waals surface area (Å²) in [5, 5.41) is 3.25. The smallest absolute Gasteiger partial charge is 0.314 e. The van der Waals surface area contributed by atoms with E-state index < -0.39 is 27.0 Å². The number of benzene rings is 2. The van der Waals surface area contributed by atoms with Crippen LogP contribution in [0.3, 0.4) is 0 Å². The molecule has 0 aliphatic carbocycles. The molecule has 3 rings (SSSR count). The molecule has 0 atom stereocenters. The maximum atomic E-state index is 13.0. The van der Waals surface area contributed by atoms with Crippen LogP contribution in [0.15, 0.2) is 56.9 Å². The van der Waals surface area contributed by atoms with Crippen molar-refractivity contribution >= 4 is 38.6 Å². The number of rotatable bonds is 7. The number of halogens is 1. The summed E-state index contributed by atoms with van der Waals surface area (Å²) >= 11 is 5.83. The van der Waals surface area contributed by atoms with Crippen molar-refractivity contribution in [3.63, 3.8) is 0 Å². The Hall–Kier alpha value is -2.95. The predicted molar refractivity (Wildman–Crippen MR) is 113 cm³/mol. The summed E-state index contributed by atoms with van der Waals surface area (Å²) in [6.45, 7) is 1.55. The number of amides is 1. The van der Waals surface area contributed by atoms with Crippen LogP contribution in [0.4, 0.5) is 0 Å². The second kappa shape index (κ2) is 8.82. The highest BCUT2D eigenvalue weighted by atomic mass is 35.5. The molecule has 158 valence electrons. The maximum Gasteiger partial charge on any atom is 0.314 e. The summed E-state index contributed by atoms with van der Waals surface area (Å²) in [6.07, 6.45) is 0. The lowest BCUT2D eigenvalue weighted by atomic mass is 10.2. The number of hydrogen-bond acceptors (Lipinski definition) is 5. The van der Waals surface area contributed by atoms with Crippen LogP contribution in [0.1, 0.15) is 12.5 Å². The molecule has 3 aromatic rings. The van der Waals surface area contributed by atoms with E-state index in [9.17, 15) is 22.8 Å². The minimum absolute atomic E-state index is 0.0663. The van der Waals surface area contributed by atoms with Crippen molar-refractivity contribution in [2.75, 3.05) is 13.1 Å². The fourth-order valence-electron chi connectivity index (χ4n) is 2.79. The van der Waals surface area contributed by atoms with E-state index in [1.165, 1.54) is 18.2 Å². The number of sulfonamides is 1. The maximum absolute atomic E-state index is 13.0. The molecule has 0 aliphatic rings. The Morgan fingerprint density at radius 3 is 2.30 bits per heavy atom. The number of carbonyl (C=O) groups excluding carboxylic acids is 1. The highest BCUT2D eigenvalue weighted by Gasteiger charge is 2.25. The number of hydrogen-bond donors (Lipinski definition) is 3.